The van der Waals surface area contributed by atoms with E-state index >= 15 is 0 Å². The molecule has 0 radical (unpaired) electrons. The molecule has 3 aromatic carbocycles. The van der Waals surface area contributed by atoms with E-state index in [-0.39, 0.29) is 16.9 Å². The molecule has 4 aromatic rings. The number of hydrogen-bond acceptors (Lipinski definition) is 4. The minimum absolute atomic E-state index is 0.0517. The van der Waals surface area contributed by atoms with Crippen molar-refractivity contribution in [2.75, 3.05) is 7.11 Å². The molecule has 188 valence electrons. The predicted molar refractivity (Wildman–Crippen MR) is 151 cm³/mol. The zero-order valence-corrected chi connectivity index (χ0v) is 23.6. The van der Waals surface area contributed by atoms with Crippen molar-refractivity contribution in [3.63, 3.8) is 0 Å². The van der Waals surface area contributed by atoms with Crippen LogP contribution in [0.15, 0.2) is 77.7 Å². The first-order valence-electron chi connectivity index (χ1n) is 11.3. The Bertz CT molecular complexity index is 1470. The van der Waals surface area contributed by atoms with Crippen LogP contribution < -0.4 is 9.46 Å². The number of benzene rings is 3. The van der Waals surface area contributed by atoms with E-state index in [2.05, 4.69) is 25.5 Å². The molecule has 1 heterocycles. The summed E-state index contributed by atoms with van der Waals surface area (Å²) in [6.45, 7) is 6.44. The molecule has 36 heavy (non-hydrogen) atoms. The summed E-state index contributed by atoms with van der Waals surface area (Å²) in [6.07, 6.45) is 0. The Hall–Kier alpha value is -2.35. The van der Waals surface area contributed by atoms with Gasteiger partial charge in [-0.3, -0.25) is 0 Å². The number of thiophene rings is 1. The molecular weight excluding hydrogens is 533 g/mol. The smallest absolute Gasteiger partial charge is 0.240 e. The summed E-state index contributed by atoms with van der Waals surface area (Å²) in [5.74, 6) is 0.756. The van der Waals surface area contributed by atoms with Gasteiger partial charge in [0.25, 0.3) is 0 Å². The first-order valence-corrected chi connectivity index (χ1v) is 14.4. The highest BCUT2D eigenvalue weighted by atomic mass is 35.5. The van der Waals surface area contributed by atoms with Gasteiger partial charge in [0.1, 0.15) is 5.75 Å². The first-order chi connectivity index (χ1) is 17.0. The van der Waals surface area contributed by atoms with Crippen LogP contribution in [0.5, 0.6) is 5.75 Å². The monoisotopic (exact) mass is 559 g/mol. The lowest BCUT2D eigenvalue weighted by atomic mass is 9.87. The van der Waals surface area contributed by atoms with Crippen molar-refractivity contribution in [3.05, 3.63) is 93.3 Å². The fraction of sp³-hybridized carbons (Fsp3) is 0.214. The Morgan fingerprint density at radius 3 is 2.14 bits per heavy atom. The summed E-state index contributed by atoms with van der Waals surface area (Å²) in [7, 11) is -2.05. The molecule has 0 atom stereocenters. The van der Waals surface area contributed by atoms with Gasteiger partial charge in [-0.15, -0.1) is 11.3 Å². The second-order valence-corrected chi connectivity index (χ2v) is 13.2. The summed E-state index contributed by atoms with van der Waals surface area (Å²) >= 11 is 14.2. The number of rotatable bonds is 7. The largest absolute Gasteiger partial charge is 0.497 e. The number of ether oxygens (including phenoxy) is 1. The first kappa shape index (κ1) is 26.7. The van der Waals surface area contributed by atoms with Crippen LogP contribution in [0.2, 0.25) is 10.0 Å². The molecule has 0 aliphatic heterocycles. The third kappa shape index (κ3) is 5.96. The van der Waals surface area contributed by atoms with Gasteiger partial charge in [-0.2, -0.15) is 0 Å². The third-order valence-corrected chi connectivity index (χ3v) is 8.97. The van der Waals surface area contributed by atoms with Gasteiger partial charge >= 0.3 is 0 Å². The van der Waals surface area contributed by atoms with Gasteiger partial charge < -0.3 is 4.74 Å². The van der Waals surface area contributed by atoms with Gasteiger partial charge in [-0.05, 0) is 71.1 Å². The Morgan fingerprint density at radius 1 is 0.889 bits per heavy atom. The lowest BCUT2D eigenvalue weighted by Crippen LogP contribution is -2.23. The summed E-state index contributed by atoms with van der Waals surface area (Å²) in [5, 5.41) is 1.08. The molecule has 0 amide bonds. The molecule has 0 aliphatic carbocycles. The molecule has 1 N–H and O–H groups in total. The van der Waals surface area contributed by atoms with Crippen molar-refractivity contribution in [2.24, 2.45) is 0 Å². The molecule has 0 fully saturated rings. The maximum atomic E-state index is 13.0. The van der Waals surface area contributed by atoms with Crippen molar-refractivity contribution in [3.8, 4) is 27.3 Å². The third-order valence-electron chi connectivity index (χ3n) is 5.82. The highest BCUT2D eigenvalue weighted by Crippen LogP contribution is 2.43. The molecule has 0 spiro atoms. The molecule has 0 saturated heterocycles. The van der Waals surface area contributed by atoms with Gasteiger partial charge in [0.2, 0.25) is 10.0 Å². The van der Waals surface area contributed by atoms with Gasteiger partial charge in [-0.1, -0.05) is 62.2 Å². The predicted octanol–water partition coefficient (Wildman–Crippen LogP) is 8.17. The molecule has 8 heteroatoms. The lowest BCUT2D eigenvalue weighted by molar-refractivity contribution is 0.415. The Labute approximate surface area is 226 Å². The van der Waals surface area contributed by atoms with Gasteiger partial charge in [0, 0.05) is 37.5 Å². The van der Waals surface area contributed by atoms with Crippen LogP contribution in [-0.2, 0) is 22.0 Å². The van der Waals surface area contributed by atoms with E-state index in [9.17, 15) is 8.42 Å². The zero-order valence-electron chi connectivity index (χ0n) is 20.4. The Balaban J connectivity index is 1.66. The van der Waals surface area contributed by atoms with E-state index in [0.29, 0.717) is 10.0 Å². The quantitative estimate of drug-likeness (QED) is 0.248. The van der Waals surface area contributed by atoms with E-state index in [1.54, 1.807) is 31.4 Å². The summed E-state index contributed by atoms with van der Waals surface area (Å²) in [6, 6.07) is 22.1. The van der Waals surface area contributed by atoms with Crippen LogP contribution in [0.25, 0.3) is 21.6 Å². The lowest BCUT2D eigenvalue weighted by Gasteiger charge is -2.19. The SMILES string of the molecule is COc1ccc(-c2sc(CNS(=O)(=O)c3ccc(C(C)(C)C)cc3)cc2-c2ccc(Cl)cc2Cl)cc1. The highest BCUT2D eigenvalue weighted by molar-refractivity contribution is 7.89. The minimum atomic E-state index is -3.68. The van der Waals surface area contributed by atoms with Crippen molar-refractivity contribution < 1.29 is 13.2 Å². The molecule has 4 rings (SSSR count). The minimum Gasteiger partial charge on any atom is -0.497 e. The average Bonchev–Trinajstić information content (AvgIpc) is 3.26. The topological polar surface area (TPSA) is 55.4 Å². The normalized spacial score (nSPS) is 12.1. The van der Waals surface area contributed by atoms with Gasteiger partial charge in [-0.25, -0.2) is 13.1 Å². The summed E-state index contributed by atoms with van der Waals surface area (Å²) < 4.78 is 34.0. The van der Waals surface area contributed by atoms with Crippen molar-refractivity contribution in [1.29, 1.82) is 0 Å². The Morgan fingerprint density at radius 2 is 1.56 bits per heavy atom. The summed E-state index contributed by atoms with van der Waals surface area (Å²) in [5.41, 5.74) is 3.75. The second-order valence-electron chi connectivity index (χ2n) is 9.41. The number of halogens is 2. The molecular formula is C28H27Cl2NO3S2. The van der Waals surface area contributed by atoms with E-state index < -0.39 is 10.0 Å². The van der Waals surface area contributed by atoms with Crippen LogP contribution in [0, 0.1) is 0 Å². The Kier molecular flexibility index (Phi) is 7.83. The van der Waals surface area contributed by atoms with E-state index in [1.807, 2.05) is 48.5 Å². The van der Waals surface area contributed by atoms with Crippen molar-refractivity contribution in [1.82, 2.24) is 4.72 Å². The second kappa shape index (κ2) is 10.6. The molecule has 0 bridgehead atoms. The fourth-order valence-corrected chi connectivity index (χ4v) is 6.50. The number of hydrogen-bond donors (Lipinski definition) is 1. The number of sulfonamides is 1. The standard InChI is InChI=1S/C28H27Cl2NO3S2/c1-28(2,3)19-7-12-23(13-8-19)36(32,33)31-17-22-16-25(24-14-9-20(29)15-26(24)30)27(35-22)18-5-10-21(34-4)11-6-18/h5-16,31H,17H2,1-4H3. The molecule has 0 aliphatic rings. The van der Waals surface area contributed by atoms with Crippen LogP contribution in [0.3, 0.4) is 0 Å². The number of nitrogens with one attached hydrogen (secondary N) is 1. The van der Waals surface area contributed by atoms with Crippen LogP contribution in [0.4, 0.5) is 0 Å². The number of methoxy groups -OCH3 is 1. The van der Waals surface area contributed by atoms with E-state index in [0.717, 1.165) is 37.8 Å². The van der Waals surface area contributed by atoms with Gasteiger partial charge in [0.05, 0.1) is 12.0 Å². The van der Waals surface area contributed by atoms with Crippen LogP contribution in [-0.4, -0.2) is 15.5 Å². The fourth-order valence-electron chi connectivity index (χ4n) is 3.78. The molecule has 4 nitrogen and oxygen atoms in total. The average molecular weight is 561 g/mol. The maximum absolute atomic E-state index is 13.0. The zero-order chi connectivity index (χ0) is 26.1. The summed E-state index contributed by atoms with van der Waals surface area (Å²) in [4.78, 5) is 2.07. The highest BCUT2D eigenvalue weighted by Gasteiger charge is 2.20. The molecule has 1 aromatic heterocycles. The van der Waals surface area contributed by atoms with Crippen LogP contribution in [0.1, 0.15) is 31.2 Å². The van der Waals surface area contributed by atoms with Crippen LogP contribution >= 0.6 is 34.5 Å². The van der Waals surface area contributed by atoms with E-state index in [1.165, 1.54) is 11.3 Å². The molecule has 0 unspecified atom stereocenters. The van der Waals surface area contributed by atoms with Gasteiger partial charge in [0.15, 0.2) is 0 Å². The van der Waals surface area contributed by atoms with Crippen molar-refractivity contribution >= 4 is 44.6 Å². The van der Waals surface area contributed by atoms with Crippen molar-refractivity contribution in [2.45, 2.75) is 37.6 Å². The molecule has 0 saturated carbocycles. The maximum Gasteiger partial charge on any atom is 0.240 e. The van der Waals surface area contributed by atoms with E-state index in [4.69, 9.17) is 27.9 Å².